The fourth-order valence-electron chi connectivity index (χ4n) is 3.87. The molecule has 28 heavy (non-hydrogen) atoms. The van der Waals surface area contributed by atoms with Crippen LogP contribution >= 0.6 is 0 Å². The number of rotatable bonds is 5. The number of benzene rings is 1. The molecule has 2 heterocycles. The van der Waals surface area contributed by atoms with Gasteiger partial charge in [-0.2, -0.15) is 0 Å². The van der Waals surface area contributed by atoms with Crippen molar-refractivity contribution in [3.8, 4) is 0 Å². The second-order valence-corrected chi connectivity index (χ2v) is 7.38. The van der Waals surface area contributed by atoms with Crippen molar-refractivity contribution in [1.29, 1.82) is 0 Å². The van der Waals surface area contributed by atoms with Crippen LogP contribution in [0.1, 0.15) is 42.0 Å². The largest absolute Gasteiger partial charge is 0.378 e. The molecule has 1 amide bonds. The Morgan fingerprint density at radius 1 is 1.14 bits per heavy atom. The second kappa shape index (κ2) is 8.56. The molecule has 1 saturated carbocycles. The van der Waals surface area contributed by atoms with Gasteiger partial charge < -0.3 is 20.3 Å². The highest BCUT2D eigenvalue weighted by Gasteiger charge is 2.20. The van der Waals surface area contributed by atoms with E-state index in [1.807, 2.05) is 25.1 Å². The molecule has 7 heteroatoms. The predicted molar refractivity (Wildman–Crippen MR) is 109 cm³/mol. The number of para-hydroxylation sites is 2. The van der Waals surface area contributed by atoms with E-state index >= 15 is 0 Å². The lowest BCUT2D eigenvalue weighted by Gasteiger charge is -2.30. The number of amides is 1. The maximum Gasteiger partial charge on any atom is 0.270 e. The Labute approximate surface area is 165 Å². The zero-order valence-electron chi connectivity index (χ0n) is 16.3. The standard InChI is InChI=1S/C21H27N5O2/c1-15-22-18(21(27)24-16-6-2-3-7-16)14-20(23-15)25-17-8-4-5-9-19(17)26-10-12-28-13-11-26/h4-5,8-9,14,16H,2-3,6-7,10-13H2,1H3,(H,24,27)(H,22,23,25). The molecule has 7 nitrogen and oxygen atoms in total. The van der Waals surface area contributed by atoms with Crippen LogP contribution in [0.2, 0.25) is 0 Å². The minimum atomic E-state index is -0.123. The first-order valence-corrected chi connectivity index (χ1v) is 10.0. The molecule has 1 saturated heterocycles. The number of nitrogens with zero attached hydrogens (tertiary/aromatic N) is 3. The molecule has 2 aliphatic rings. The van der Waals surface area contributed by atoms with E-state index in [1.165, 1.54) is 12.8 Å². The third-order valence-electron chi connectivity index (χ3n) is 5.28. The van der Waals surface area contributed by atoms with Crippen molar-refractivity contribution in [2.24, 2.45) is 0 Å². The van der Waals surface area contributed by atoms with Crippen LogP contribution in [-0.4, -0.2) is 48.2 Å². The molecule has 0 bridgehead atoms. The molecule has 1 aromatic heterocycles. The minimum absolute atomic E-state index is 0.123. The molecule has 0 unspecified atom stereocenters. The fourth-order valence-corrected chi connectivity index (χ4v) is 3.87. The van der Waals surface area contributed by atoms with Gasteiger partial charge in [0.05, 0.1) is 24.6 Å². The van der Waals surface area contributed by atoms with E-state index in [-0.39, 0.29) is 11.9 Å². The van der Waals surface area contributed by atoms with Crippen LogP contribution in [0.15, 0.2) is 30.3 Å². The topological polar surface area (TPSA) is 79.4 Å². The highest BCUT2D eigenvalue weighted by molar-refractivity contribution is 5.93. The normalized spacial score (nSPS) is 17.5. The van der Waals surface area contributed by atoms with Crippen molar-refractivity contribution in [2.45, 2.75) is 38.6 Å². The average Bonchev–Trinajstić information content (AvgIpc) is 3.22. The van der Waals surface area contributed by atoms with Crippen LogP contribution in [0.3, 0.4) is 0 Å². The van der Waals surface area contributed by atoms with E-state index in [9.17, 15) is 4.79 Å². The Hall–Kier alpha value is -2.67. The predicted octanol–water partition coefficient (Wildman–Crippen LogP) is 3.04. The van der Waals surface area contributed by atoms with Gasteiger partial charge >= 0.3 is 0 Å². The Morgan fingerprint density at radius 2 is 1.89 bits per heavy atom. The minimum Gasteiger partial charge on any atom is -0.378 e. The zero-order valence-corrected chi connectivity index (χ0v) is 16.3. The highest BCUT2D eigenvalue weighted by Crippen LogP contribution is 2.29. The van der Waals surface area contributed by atoms with Gasteiger partial charge in [0.25, 0.3) is 5.91 Å². The number of carbonyl (C=O) groups is 1. The molecule has 0 radical (unpaired) electrons. The van der Waals surface area contributed by atoms with E-state index in [2.05, 4.69) is 31.6 Å². The molecule has 1 aliphatic carbocycles. The van der Waals surface area contributed by atoms with Gasteiger partial charge in [-0.05, 0) is 31.9 Å². The van der Waals surface area contributed by atoms with Crippen LogP contribution < -0.4 is 15.5 Å². The molecule has 2 aromatic rings. The summed E-state index contributed by atoms with van der Waals surface area (Å²) in [6.45, 7) is 4.98. The summed E-state index contributed by atoms with van der Waals surface area (Å²) in [5.41, 5.74) is 2.48. The van der Waals surface area contributed by atoms with Crippen molar-refractivity contribution in [3.05, 3.63) is 41.9 Å². The fraction of sp³-hybridized carbons (Fsp3) is 0.476. The van der Waals surface area contributed by atoms with Gasteiger partial charge in [0, 0.05) is 25.2 Å². The SMILES string of the molecule is Cc1nc(Nc2ccccc2N2CCOCC2)cc(C(=O)NC2CCCC2)n1. The van der Waals surface area contributed by atoms with Gasteiger partial charge in [-0.15, -0.1) is 0 Å². The first kappa shape index (κ1) is 18.7. The molecular formula is C21H27N5O2. The molecule has 1 aliphatic heterocycles. The lowest BCUT2D eigenvalue weighted by molar-refractivity contribution is 0.0932. The Bertz CT molecular complexity index is 829. The maximum atomic E-state index is 12.6. The van der Waals surface area contributed by atoms with Gasteiger partial charge in [-0.1, -0.05) is 25.0 Å². The summed E-state index contributed by atoms with van der Waals surface area (Å²) >= 11 is 0. The average molecular weight is 381 g/mol. The van der Waals surface area contributed by atoms with Crippen LogP contribution in [0.5, 0.6) is 0 Å². The molecule has 0 spiro atoms. The van der Waals surface area contributed by atoms with Gasteiger partial charge in [0.15, 0.2) is 0 Å². The van der Waals surface area contributed by atoms with Crippen molar-refractivity contribution < 1.29 is 9.53 Å². The summed E-state index contributed by atoms with van der Waals surface area (Å²) in [4.78, 5) is 23.7. The molecule has 148 valence electrons. The summed E-state index contributed by atoms with van der Waals surface area (Å²) in [5.74, 6) is 1.08. The van der Waals surface area contributed by atoms with Crippen molar-refractivity contribution in [3.63, 3.8) is 0 Å². The first-order chi connectivity index (χ1) is 13.7. The number of anilines is 3. The molecule has 2 fully saturated rings. The second-order valence-electron chi connectivity index (χ2n) is 7.38. The Kier molecular flexibility index (Phi) is 5.71. The maximum absolute atomic E-state index is 12.6. The summed E-state index contributed by atoms with van der Waals surface area (Å²) in [6.07, 6.45) is 4.46. The van der Waals surface area contributed by atoms with Crippen LogP contribution in [0, 0.1) is 6.92 Å². The van der Waals surface area contributed by atoms with E-state index in [1.54, 1.807) is 6.07 Å². The summed E-state index contributed by atoms with van der Waals surface area (Å²) in [7, 11) is 0. The lowest BCUT2D eigenvalue weighted by atomic mass is 10.2. The molecule has 0 atom stereocenters. The number of ether oxygens (including phenoxy) is 1. The van der Waals surface area contributed by atoms with Crippen LogP contribution in [0.4, 0.5) is 17.2 Å². The Balaban J connectivity index is 1.53. The number of carbonyl (C=O) groups excluding carboxylic acids is 1. The number of morpholine rings is 1. The third kappa shape index (κ3) is 4.42. The number of nitrogens with one attached hydrogen (secondary N) is 2. The quantitative estimate of drug-likeness (QED) is 0.829. The van der Waals surface area contributed by atoms with Gasteiger partial charge in [0.1, 0.15) is 17.3 Å². The monoisotopic (exact) mass is 381 g/mol. The number of hydrogen-bond donors (Lipinski definition) is 2. The Morgan fingerprint density at radius 3 is 2.68 bits per heavy atom. The number of hydrogen-bond acceptors (Lipinski definition) is 6. The lowest BCUT2D eigenvalue weighted by Crippen LogP contribution is -2.36. The van der Waals surface area contributed by atoms with E-state index in [0.29, 0.717) is 17.3 Å². The smallest absolute Gasteiger partial charge is 0.270 e. The van der Waals surface area contributed by atoms with E-state index in [0.717, 1.165) is 50.5 Å². The van der Waals surface area contributed by atoms with Gasteiger partial charge in [-0.3, -0.25) is 4.79 Å². The molecule has 4 rings (SSSR count). The third-order valence-corrected chi connectivity index (χ3v) is 5.28. The van der Waals surface area contributed by atoms with E-state index < -0.39 is 0 Å². The van der Waals surface area contributed by atoms with Crippen molar-refractivity contribution in [1.82, 2.24) is 15.3 Å². The highest BCUT2D eigenvalue weighted by atomic mass is 16.5. The number of aromatic nitrogens is 2. The molecule has 1 aromatic carbocycles. The molecule has 2 N–H and O–H groups in total. The van der Waals surface area contributed by atoms with Crippen LogP contribution in [0.25, 0.3) is 0 Å². The van der Waals surface area contributed by atoms with Gasteiger partial charge in [0.2, 0.25) is 0 Å². The van der Waals surface area contributed by atoms with Gasteiger partial charge in [-0.25, -0.2) is 9.97 Å². The zero-order chi connectivity index (χ0) is 19.3. The summed E-state index contributed by atoms with van der Waals surface area (Å²) in [5, 5.41) is 6.48. The van der Waals surface area contributed by atoms with Crippen LogP contribution in [-0.2, 0) is 4.74 Å². The van der Waals surface area contributed by atoms with Crippen molar-refractivity contribution in [2.75, 3.05) is 36.5 Å². The van der Waals surface area contributed by atoms with Crippen molar-refractivity contribution >= 4 is 23.1 Å². The summed E-state index contributed by atoms with van der Waals surface area (Å²) in [6, 6.07) is 10.1. The number of aryl methyl sites for hydroxylation is 1. The first-order valence-electron chi connectivity index (χ1n) is 10.0. The van der Waals surface area contributed by atoms with E-state index in [4.69, 9.17) is 4.74 Å². The molecular weight excluding hydrogens is 354 g/mol. The summed E-state index contributed by atoms with van der Waals surface area (Å²) < 4.78 is 5.46.